The summed E-state index contributed by atoms with van der Waals surface area (Å²) in [6, 6.07) is 3.56. The number of H-pyrrole nitrogens is 1. The molecule has 2 aromatic heterocycles. The van der Waals surface area contributed by atoms with Gasteiger partial charge < -0.3 is 9.80 Å². The molecule has 0 radical (unpaired) electrons. The molecule has 1 saturated heterocycles. The zero-order valence-electron chi connectivity index (χ0n) is 13.8. The van der Waals surface area contributed by atoms with Gasteiger partial charge in [-0.2, -0.15) is 5.10 Å². The Morgan fingerprint density at radius 3 is 2.60 bits per heavy atom. The van der Waals surface area contributed by atoms with Crippen LogP contribution in [0.25, 0.3) is 11.0 Å². The maximum absolute atomic E-state index is 14.0. The number of aryl methyl sites for hydroxylation is 1. The molecule has 0 amide bonds. The summed E-state index contributed by atoms with van der Waals surface area (Å²) in [6.07, 6.45) is 2.32. The third kappa shape index (κ3) is 2.77. The molecular weight excluding hydrogens is 326 g/mol. The molecule has 3 aromatic rings. The Morgan fingerprint density at radius 1 is 1.08 bits per heavy atom. The van der Waals surface area contributed by atoms with Gasteiger partial charge in [0, 0.05) is 37.9 Å². The molecule has 1 N–H and O–H groups in total. The van der Waals surface area contributed by atoms with E-state index in [9.17, 15) is 8.78 Å². The topological polar surface area (TPSA) is 60.9 Å². The smallest absolute Gasteiger partial charge is 0.186 e. The van der Waals surface area contributed by atoms with E-state index in [1.54, 1.807) is 0 Å². The zero-order chi connectivity index (χ0) is 17.4. The van der Waals surface area contributed by atoms with Gasteiger partial charge in [0.05, 0.1) is 11.1 Å². The van der Waals surface area contributed by atoms with Gasteiger partial charge in [-0.25, -0.2) is 18.7 Å². The number of anilines is 2. The Kier molecular flexibility index (Phi) is 3.95. The molecular formula is C17H18F2N6. The van der Waals surface area contributed by atoms with E-state index in [0.717, 1.165) is 29.4 Å². The van der Waals surface area contributed by atoms with E-state index < -0.39 is 11.6 Å². The first-order valence-corrected chi connectivity index (χ1v) is 8.30. The van der Waals surface area contributed by atoms with Gasteiger partial charge in [0.15, 0.2) is 5.65 Å². The van der Waals surface area contributed by atoms with Crippen molar-refractivity contribution in [3.63, 3.8) is 0 Å². The van der Waals surface area contributed by atoms with Gasteiger partial charge in [0.1, 0.15) is 23.8 Å². The van der Waals surface area contributed by atoms with Crippen molar-refractivity contribution in [3.05, 3.63) is 41.9 Å². The summed E-state index contributed by atoms with van der Waals surface area (Å²) in [6.45, 7) is 4.55. The van der Waals surface area contributed by atoms with E-state index in [2.05, 4.69) is 25.1 Å². The average Bonchev–Trinajstić information content (AvgIpc) is 3.07. The van der Waals surface area contributed by atoms with E-state index in [4.69, 9.17) is 0 Å². The fourth-order valence-electron chi connectivity index (χ4n) is 3.28. The van der Waals surface area contributed by atoms with Crippen molar-refractivity contribution >= 4 is 22.5 Å². The van der Waals surface area contributed by atoms with Crippen molar-refractivity contribution < 1.29 is 8.78 Å². The molecule has 0 aliphatic carbocycles. The minimum Gasteiger partial charge on any atom is -0.366 e. The Bertz CT molecular complexity index is 901. The Balaban J connectivity index is 1.58. The third-order valence-electron chi connectivity index (χ3n) is 4.59. The van der Waals surface area contributed by atoms with E-state index in [-0.39, 0.29) is 0 Å². The number of aromatic nitrogens is 4. The molecule has 1 aliphatic rings. The van der Waals surface area contributed by atoms with Crippen LogP contribution in [0, 0.1) is 11.6 Å². The third-order valence-corrected chi connectivity index (χ3v) is 4.59. The molecule has 1 aromatic carbocycles. The molecule has 0 atom stereocenters. The monoisotopic (exact) mass is 344 g/mol. The van der Waals surface area contributed by atoms with Crippen molar-refractivity contribution in [2.45, 2.75) is 13.3 Å². The predicted molar refractivity (Wildman–Crippen MR) is 91.8 cm³/mol. The van der Waals surface area contributed by atoms with Gasteiger partial charge in [0.2, 0.25) is 0 Å². The molecule has 0 saturated carbocycles. The molecule has 0 bridgehead atoms. The van der Waals surface area contributed by atoms with Gasteiger partial charge in [-0.05, 0) is 18.6 Å². The minimum absolute atomic E-state index is 0.310. The second-order valence-electron chi connectivity index (χ2n) is 6.02. The summed E-state index contributed by atoms with van der Waals surface area (Å²) in [5, 5.41) is 8.17. The number of hydrogen-bond donors (Lipinski definition) is 1. The molecule has 8 heteroatoms. The summed E-state index contributed by atoms with van der Waals surface area (Å²) in [7, 11) is 0. The number of halogens is 2. The molecule has 6 nitrogen and oxygen atoms in total. The van der Waals surface area contributed by atoms with Crippen molar-refractivity contribution in [3.8, 4) is 0 Å². The SMILES string of the molecule is CCc1[nH]nc2ncnc(N3CCN(c4cc(F)ccc4F)CC3)c12. The second kappa shape index (κ2) is 6.27. The number of fused-ring (bicyclic) bond motifs is 1. The van der Waals surface area contributed by atoms with Crippen LogP contribution in [0.3, 0.4) is 0 Å². The van der Waals surface area contributed by atoms with Crippen LogP contribution in [-0.2, 0) is 6.42 Å². The molecule has 0 unspecified atom stereocenters. The van der Waals surface area contributed by atoms with E-state index in [1.165, 1.54) is 18.5 Å². The lowest BCUT2D eigenvalue weighted by molar-refractivity contribution is 0.580. The fourth-order valence-corrected chi connectivity index (χ4v) is 3.28. The Labute approximate surface area is 143 Å². The van der Waals surface area contributed by atoms with Gasteiger partial charge in [0.25, 0.3) is 0 Å². The molecule has 0 spiro atoms. The van der Waals surface area contributed by atoms with Crippen LogP contribution in [0.2, 0.25) is 0 Å². The molecule has 130 valence electrons. The van der Waals surface area contributed by atoms with Gasteiger partial charge >= 0.3 is 0 Å². The summed E-state index contributed by atoms with van der Waals surface area (Å²) in [5.41, 5.74) is 1.97. The maximum atomic E-state index is 14.0. The highest BCUT2D eigenvalue weighted by atomic mass is 19.1. The molecule has 1 fully saturated rings. The van der Waals surface area contributed by atoms with Crippen LogP contribution in [0.5, 0.6) is 0 Å². The van der Waals surface area contributed by atoms with E-state index in [1.807, 2.05) is 11.8 Å². The van der Waals surface area contributed by atoms with Gasteiger partial charge in [-0.3, -0.25) is 5.10 Å². The number of rotatable bonds is 3. The van der Waals surface area contributed by atoms with Crippen molar-refractivity contribution in [2.24, 2.45) is 0 Å². The van der Waals surface area contributed by atoms with Crippen LogP contribution in [0.1, 0.15) is 12.6 Å². The molecule has 1 aliphatic heterocycles. The second-order valence-corrected chi connectivity index (χ2v) is 6.02. The normalized spacial score (nSPS) is 15.2. The first kappa shape index (κ1) is 15.7. The fraction of sp³-hybridized carbons (Fsp3) is 0.353. The van der Waals surface area contributed by atoms with Crippen LogP contribution < -0.4 is 9.80 Å². The number of benzene rings is 1. The van der Waals surface area contributed by atoms with Crippen LogP contribution in [0.4, 0.5) is 20.3 Å². The van der Waals surface area contributed by atoms with Crippen molar-refractivity contribution in [1.82, 2.24) is 20.2 Å². The molecule has 3 heterocycles. The number of piperazine rings is 1. The van der Waals surface area contributed by atoms with Crippen molar-refractivity contribution in [1.29, 1.82) is 0 Å². The highest BCUT2D eigenvalue weighted by molar-refractivity contribution is 5.89. The van der Waals surface area contributed by atoms with Crippen LogP contribution in [0.15, 0.2) is 24.5 Å². The van der Waals surface area contributed by atoms with Crippen molar-refractivity contribution in [2.75, 3.05) is 36.0 Å². The average molecular weight is 344 g/mol. The Hall–Kier alpha value is -2.77. The highest BCUT2D eigenvalue weighted by Gasteiger charge is 2.23. The van der Waals surface area contributed by atoms with E-state index >= 15 is 0 Å². The standard InChI is InChI=1S/C17H18F2N6/c1-2-13-15-16(23-22-13)20-10-21-17(15)25-7-5-24(6-8-25)14-9-11(18)3-4-12(14)19/h3-4,9-10H,2,5-8H2,1H3,(H,20,21,22,23). The Morgan fingerprint density at radius 2 is 1.84 bits per heavy atom. The van der Waals surface area contributed by atoms with Crippen LogP contribution in [-0.4, -0.2) is 46.3 Å². The lowest BCUT2D eigenvalue weighted by Gasteiger charge is -2.37. The summed E-state index contributed by atoms with van der Waals surface area (Å²) in [5.74, 6) is 0.0136. The maximum Gasteiger partial charge on any atom is 0.186 e. The summed E-state index contributed by atoms with van der Waals surface area (Å²) in [4.78, 5) is 12.7. The zero-order valence-corrected chi connectivity index (χ0v) is 13.8. The lowest BCUT2D eigenvalue weighted by Crippen LogP contribution is -2.47. The first-order valence-electron chi connectivity index (χ1n) is 8.30. The summed E-state index contributed by atoms with van der Waals surface area (Å²) >= 11 is 0. The summed E-state index contributed by atoms with van der Waals surface area (Å²) < 4.78 is 27.4. The van der Waals surface area contributed by atoms with E-state index in [0.29, 0.717) is 37.5 Å². The highest BCUT2D eigenvalue weighted by Crippen LogP contribution is 2.28. The largest absolute Gasteiger partial charge is 0.366 e. The number of aromatic amines is 1. The number of hydrogen-bond acceptors (Lipinski definition) is 5. The number of nitrogens with zero attached hydrogens (tertiary/aromatic N) is 5. The first-order chi connectivity index (χ1) is 12.2. The minimum atomic E-state index is -0.428. The molecule has 25 heavy (non-hydrogen) atoms. The predicted octanol–water partition coefficient (Wildman–Crippen LogP) is 2.52. The molecule has 4 rings (SSSR count). The van der Waals surface area contributed by atoms with Crippen LogP contribution >= 0.6 is 0 Å². The van der Waals surface area contributed by atoms with Gasteiger partial charge in [-0.15, -0.1) is 0 Å². The lowest BCUT2D eigenvalue weighted by atomic mass is 10.2. The number of nitrogens with one attached hydrogen (secondary N) is 1. The van der Waals surface area contributed by atoms with Gasteiger partial charge in [-0.1, -0.05) is 6.92 Å². The quantitative estimate of drug-likeness (QED) is 0.791.